The van der Waals surface area contributed by atoms with Gasteiger partial charge in [0.15, 0.2) is 10.9 Å². The molecular formula is C29H33N5O5S. The first-order valence-corrected chi connectivity index (χ1v) is 13.9. The van der Waals surface area contributed by atoms with E-state index in [0.717, 1.165) is 28.3 Å². The summed E-state index contributed by atoms with van der Waals surface area (Å²) >= 11 is 1.11. The average molecular weight is 564 g/mol. The number of aromatic nitrogens is 1. The Morgan fingerprint density at radius 2 is 1.82 bits per heavy atom. The minimum Gasteiger partial charge on any atom is -0.492 e. The number of amides is 4. The first kappa shape index (κ1) is 28.9. The summed E-state index contributed by atoms with van der Waals surface area (Å²) in [4.78, 5) is 59.8. The molecule has 10 nitrogen and oxygen atoms in total. The molecule has 2 aromatic carbocycles. The van der Waals surface area contributed by atoms with Gasteiger partial charge in [-0.3, -0.25) is 14.4 Å². The number of urea groups is 1. The quantitative estimate of drug-likeness (QED) is 0.252. The van der Waals surface area contributed by atoms with Crippen LogP contribution in [0.25, 0.3) is 0 Å². The summed E-state index contributed by atoms with van der Waals surface area (Å²) in [6, 6.07) is 13.4. The molecule has 0 aliphatic carbocycles. The molecule has 0 bridgehead atoms. The van der Waals surface area contributed by atoms with Crippen LogP contribution in [-0.4, -0.2) is 71.7 Å². The van der Waals surface area contributed by atoms with Gasteiger partial charge in [0, 0.05) is 24.3 Å². The van der Waals surface area contributed by atoms with E-state index in [0.29, 0.717) is 17.9 Å². The number of ketones is 1. The van der Waals surface area contributed by atoms with Crippen LogP contribution in [0.3, 0.4) is 0 Å². The maximum Gasteiger partial charge on any atom is 0.325 e. The maximum atomic E-state index is 13.7. The van der Waals surface area contributed by atoms with Crippen LogP contribution in [0.1, 0.15) is 53.8 Å². The fraction of sp³-hybridized carbons (Fsp3) is 0.345. The van der Waals surface area contributed by atoms with Crippen LogP contribution >= 0.6 is 11.3 Å². The third-order valence-electron chi connectivity index (χ3n) is 6.68. The third kappa shape index (κ3) is 6.54. The van der Waals surface area contributed by atoms with Gasteiger partial charge in [-0.1, -0.05) is 56.3 Å². The Kier molecular flexibility index (Phi) is 9.28. The minimum absolute atomic E-state index is 0.142. The smallest absolute Gasteiger partial charge is 0.325 e. The van der Waals surface area contributed by atoms with Gasteiger partial charge in [-0.15, -0.1) is 11.3 Å². The highest BCUT2D eigenvalue weighted by Gasteiger charge is 2.47. The fourth-order valence-corrected chi connectivity index (χ4v) is 5.13. The summed E-state index contributed by atoms with van der Waals surface area (Å²) in [6.45, 7) is 4.80. The topological polar surface area (TPSA) is 121 Å². The number of Topliss-reactive ketones (excluding diaryl/α,β-unsaturated/α-hetero) is 1. The van der Waals surface area contributed by atoms with Gasteiger partial charge in [0.1, 0.15) is 30.1 Å². The van der Waals surface area contributed by atoms with Crippen LogP contribution in [0.4, 0.5) is 9.93 Å². The number of nitrogens with one attached hydrogen (secondary N) is 2. The lowest BCUT2D eigenvalue weighted by Crippen LogP contribution is -2.50. The Morgan fingerprint density at radius 1 is 1.12 bits per heavy atom. The summed E-state index contributed by atoms with van der Waals surface area (Å²) in [5.41, 5.74) is 1.63. The molecule has 210 valence electrons. The molecule has 4 amide bonds. The number of anilines is 1. The van der Waals surface area contributed by atoms with E-state index in [-0.39, 0.29) is 23.0 Å². The number of nitrogens with zero attached hydrogens (tertiary/aromatic N) is 3. The van der Waals surface area contributed by atoms with Crippen molar-refractivity contribution < 1.29 is 23.9 Å². The van der Waals surface area contributed by atoms with Gasteiger partial charge < -0.3 is 20.3 Å². The standard InChI is InChI=1S/C29H33N5O5S/c1-5-23(35)22-17-40-28(30-22)32-26(36)25(18(2)19-9-7-6-8-10-19)34-27(37)24(31-29(34)38)20-11-13-21(14-12-20)39-16-15-33(3)4/h6-14,17-18,24-25H,5,15-16H2,1-4H3,(H,31,38)(H,30,32,36)/t18-,24-,25-/m0/s1. The van der Waals surface area contributed by atoms with E-state index in [9.17, 15) is 19.2 Å². The zero-order valence-corrected chi connectivity index (χ0v) is 23.7. The molecule has 40 heavy (non-hydrogen) atoms. The molecule has 1 aromatic heterocycles. The fourth-order valence-electron chi connectivity index (χ4n) is 4.41. The molecular weight excluding hydrogens is 530 g/mol. The Bertz CT molecular complexity index is 1360. The van der Waals surface area contributed by atoms with Gasteiger partial charge in [0.2, 0.25) is 5.91 Å². The second-order valence-corrected chi connectivity index (χ2v) is 10.6. The van der Waals surface area contributed by atoms with Crippen LogP contribution in [0, 0.1) is 0 Å². The average Bonchev–Trinajstić information content (AvgIpc) is 3.53. The van der Waals surface area contributed by atoms with Crippen molar-refractivity contribution in [1.29, 1.82) is 0 Å². The first-order chi connectivity index (χ1) is 19.2. The molecule has 0 unspecified atom stereocenters. The van der Waals surface area contributed by atoms with Crippen molar-refractivity contribution in [2.45, 2.75) is 38.3 Å². The van der Waals surface area contributed by atoms with Crippen molar-refractivity contribution in [3.63, 3.8) is 0 Å². The first-order valence-electron chi connectivity index (χ1n) is 13.0. The van der Waals surface area contributed by atoms with E-state index in [4.69, 9.17) is 4.74 Å². The second kappa shape index (κ2) is 12.8. The van der Waals surface area contributed by atoms with Crippen LogP contribution < -0.4 is 15.4 Å². The lowest BCUT2D eigenvalue weighted by molar-refractivity contribution is -0.134. The van der Waals surface area contributed by atoms with Crippen LogP contribution in [-0.2, 0) is 9.59 Å². The molecule has 4 rings (SSSR count). The zero-order valence-electron chi connectivity index (χ0n) is 22.9. The minimum atomic E-state index is -1.16. The largest absolute Gasteiger partial charge is 0.492 e. The van der Waals surface area contributed by atoms with Gasteiger partial charge in [0.25, 0.3) is 5.91 Å². The SMILES string of the molecule is CCC(=O)c1csc(NC(=O)[C@H]([C@@H](C)c2ccccc2)N2C(=O)N[C@@H](c3ccc(OCCN(C)C)cc3)C2=O)n1. The Morgan fingerprint density at radius 3 is 2.48 bits per heavy atom. The molecule has 1 aliphatic rings. The van der Waals surface area contributed by atoms with E-state index in [1.807, 2.05) is 49.3 Å². The van der Waals surface area contributed by atoms with Gasteiger partial charge in [0.05, 0.1) is 0 Å². The van der Waals surface area contributed by atoms with Crippen LogP contribution in [0.2, 0.25) is 0 Å². The predicted octanol–water partition coefficient (Wildman–Crippen LogP) is 4.08. The Balaban J connectivity index is 1.57. The van der Waals surface area contributed by atoms with Gasteiger partial charge in [-0.25, -0.2) is 14.7 Å². The van der Waals surface area contributed by atoms with Gasteiger partial charge in [-0.05, 0) is 37.4 Å². The lowest BCUT2D eigenvalue weighted by atomic mass is 9.91. The molecule has 3 aromatic rings. The number of imide groups is 1. The molecule has 3 atom stereocenters. The number of hydrogen-bond acceptors (Lipinski definition) is 8. The highest BCUT2D eigenvalue weighted by Crippen LogP contribution is 2.32. The van der Waals surface area contributed by atoms with Crippen molar-refractivity contribution in [3.8, 4) is 5.75 Å². The molecule has 0 spiro atoms. The Hall–Kier alpha value is -4.09. The van der Waals surface area contributed by atoms with Crippen LogP contribution in [0.5, 0.6) is 5.75 Å². The predicted molar refractivity (Wildman–Crippen MR) is 153 cm³/mol. The molecule has 11 heteroatoms. The molecule has 0 radical (unpaired) electrons. The van der Waals surface area contributed by atoms with Crippen molar-refractivity contribution in [2.24, 2.45) is 0 Å². The van der Waals surface area contributed by atoms with Gasteiger partial charge >= 0.3 is 6.03 Å². The lowest BCUT2D eigenvalue weighted by Gasteiger charge is -2.29. The number of carbonyl (C=O) groups is 4. The number of thiazole rings is 1. The number of benzene rings is 2. The van der Waals surface area contributed by atoms with Crippen molar-refractivity contribution >= 4 is 40.1 Å². The van der Waals surface area contributed by atoms with E-state index in [1.165, 1.54) is 0 Å². The van der Waals surface area contributed by atoms with Crippen molar-refractivity contribution in [3.05, 3.63) is 76.8 Å². The van der Waals surface area contributed by atoms with Crippen molar-refractivity contribution in [1.82, 2.24) is 20.1 Å². The van der Waals surface area contributed by atoms with Crippen molar-refractivity contribution in [2.75, 3.05) is 32.6 Å². The highest BCUT2D eigenvalue weighted by atomic mass is 32.1. The van der Waals surface area contributed by atoms with Crippen LogP contribution in [0.15, 0.2) is 60.0 Å². The summed E-state index contributed by atoms with van der Waals surface area (Å²) < 4.78 is 5.73. The zero-order chi connectivity index (χ0) is 28.8. The number of carbonyl (C=O) groups excluding carboxylic acids is 4. The summed E-state index contributed by atoms with van der Waals surface area (Å²) in [5.74, 6) is -1.13. The monoisotopic (exact) mass is 563 g/mol. The van der Waals surface area contributed by atoms with E-state index in [1.54, 1.807) is 43.5 Å². The molecule has 2 N–H and O–H groups in total. The third-order valence-corrected chi connectivity index (χ3v) is 7.44. The molecule has 1 saturated heterocycles. The summed E-state index contributed by atoms with van der Waals surface area (Å²) in [5, 5.41) is 7.25. The molecule has 1 fully saturated rings. The molecule has 1 aliphatic heterocycles. The van der Waals surface area contributed by atoms with E-state index in [2.05, 4.69) is 15.6 Å². The van der Waals surface area contributed by atoms with Gasteiger partial charge in [-0.2, -0.15) is 0 Å². The number of ether oxygens (including phenoxy) is 1. The number of hydrogen-bond donors (Lipinski definition) is 2. The second-order valence-electron chi connectivity index (χ2n) is 9.76. The number of rotatable bonds is 12. The molecule has 0 saturated carbocycles. The maximum absolute atomic E-state index is 13.7. The normalized spacial score (nSPS) is 16.5. The molecule has 2 heterocycles. The summed E-state index contributed by atoms with van der Waals surface area (Å²) in [7, 11) is 3.92. The summed E-state index contributed by atoms with van der Waals surface area (Å²) in [6.07, 6.45) is 0.289. The van der Waals surface area contributed by atoms with E-state index >= 15 is 0 Å². The Labute approximate surface area is 237 Å². The van der Waals surface area contributed by atoms with E-state index < -0.39 is 35.8 Å². The highest BCUT2D eigenvalue weighted by molar-refractivity contribution is 7.14. The number of likely N-dealkylation sites (N-methyl/N-ethyl adjacent to an activating group) is 1.